The van der Waals surface area contributed by atoms with Gasteiger partial charge in [0.1, 0.15) is 0 Å². The molecule has 1 aliphatic carbocycles. The van der Waals surface area contributed by atoms with Gasteiger partial charge in [-0.1, -0.05) is 47.7 Å². The van der Waals surface area contributed by atoms with E-state index in [1.165, 1.54) is 23.1 Å². The third-order valence-electron chi connectivity index (χ3n) is 3.86. The van der Waals surface area contributed by atoms with Crippen molar-refractivity contribution in [3.8, 4) is 0 Å². The van der Waals surface area contributed by atoms with E-state index in [-0.39, 0.29) is 23.5 Å². The molecule has 2 N–H and O–H groups in total. The number of benzene rings is 1. The topological polar surface area (TPSA) is 84.0 Å². The molecule has 1 aromatic heterocycles. The number of amides is 2. The summed E-state index contributed by atoms with van der Waals surface area (Å²) in [5.74, 6) is 0.292. The van der Waals surface area contributed by atoms with Crippen LogP contribution in [-0.4, -0.2) is 27.8 Å². The van der Waals surface area contributed by atoms with Crippen molar-refractivity contribution in [2.24, 2.45) is 5.92 Å². The first-order valence-electron chi connectivity index (χ1n) is 7.74. The van der Waals surface area contributed by atoms with Crippen LogP contribution in [0, 0.1) is 12.8 Å². The summed E-state index contributed by atoms with van der Waals surface area (Å²) in [6.45, 7) is 1.95. The number of aromatic nitrogens is 2. The second-order valence-electron chi connectivity index (χ2n) is 5.64. The molecule has 126 valence electrons. The summed E-state index contributed by atoms with van der Waals surface area (Å²) in [6, 6.07) is 7.64. The van der Waals surface area contributed by atoms with Crippen molar-refractivity contribution in [1.29, 1.82) is 0 Å². The number of anilines is 2. The maximum atomic E-state index is 12.0. The Morgan fingerprint density at radius 1 is 1.25 bits per heavy atom. The van der Waals surface area contributed by atoms with Crippen LogP contribution < -0.4 is 10.6 Å². The fourth-order valence-electron chi connectivity index (χ4n) is 2.22. The Morgan fingerprint density at radius 2 is 2.04 bits per heavy atom. The van der Waals surface area contributed by atoms with E-state index in [0.29, 0.717) is 9.47 Å². The third-order valence-corrected chi connectivity index (χ3v) is 5.83. The molecule has 3 rings (SSSR count). The van der Waals surface area contributed by atoms with Gasteiger partial charge in [-0.15, -0.1) is 10.2 Å². The van der Waals surface area contributed by atoms with Crippen LogP contribution in [0.25, 0.3) is 0 Å². The summed E-state index contributed by atoms with van der Waals surface area (Å²) in [6.07, 6.45) is 3.02. The first-order chi connectivity index (χ1) is 11.6. The highest BCUT2D eigenvalue weighted by Crippen LogP contribution is 2.30. The number of carbonyl (C=O) groups excluding carboxylic acids is 2. The molecule has 2 amide bonds. The van der Waals surface area contributed by atoms with Crippen LogP contribution in [0.1, 0.15) is 24.8 Å². The van der Waals surface area contributed by atoms with Gasteiger partial charge in [0.05, 0.1) is 5.75 Å². The molecule has 0 atom stereocenters. The lowest BCUT2D eigenvalue weighted by Crippen LogP contribution is -2.27. The lowest BCUT2D eigenvalue weighted by molar-refractivity contribution is -0.122. The second-order valence-corrected chi connectivity index (χ2v) is 7.84. The van der Waals surface area contributed by atoms with E-state index < -0.39 is 0 Å². The van der Waals surface area contributed by atoms with Crippen LogP contribution in [0.2, 0.25) is 0 Å². The van der Waals surface area contributed by atoms with E-state index in [9.17, 15) is 9.59 Å². The van der Waals surface area contributed by atoms with E-state index in [1.807, 2.05) is 31.2 Å². The zero-order chi connectivity index (χ0) is 16.9. The monoisotopic (exact) mass is 362 g/mol. The number of hydrogen-bond acceptors (Lipinski definition) is 6. The molecule has 1 saturated carbocycles. The van der Waals surface area contributed by atoms with Gasteiger partial charge in [0, 0.05) is 11.6 Å². The molecule has 1 aliphatic rings. The number of carbonyl (C=O) groups is 2. The molecule has 8 heteroatoms. The number of thioether (sulfide) groups is 1. The largest absolute Gasteiger partial charge is 0.325 e. The number of nitrogens with zero attached hydrogens (tertiary/aromatic N) is 2. The molecule has 0 spiro atoms. The van der Waals surface area contributed by atoms with E-state index in [4.69, 9.17) is 0 Å². The van der Waals surface area contributed by atoms with Crippen molar-refractivity contribution >= 4 is 45.7 Å². The summed E-state index contributed by atoms with van der Waals surface area (Å²) in [5.41, 5.74) is 1.83. The van der Waals surface area contributed by atoms with E-state index >= 15 is 0 Å². The zero-order valence-electron chi connectivity index (χ0n) is 13.2. The Hall–Kier alpha value is -1.93. The van der Waals surface area contributed by atoms with Crippen LogP contribution in [0.15, 0.2) is 28.6 Å². The van der Waals surface area contributed by atoms with Crippen LogP contribution in [-0.2, 0) is 9.59 Å². The van der Waals surface area contributed by atoms with Crippen molar-refractivity contribution < 1.29 is 9.59 Å². The summed E-state index contributed by atoms with van der Waals surface area (Å²) in [5, 5.41) is 14.1. The van der Waals surface area contributed by atoms with Crippen molar-refractivity contribution in [2.45, 2.75) is 30.5 Å². The average Bonchev–Trinajstić information content (AvgIpc) is 2.93. The Balaban J connectivity index is 1.47. The molecule has 2 aromatic rings. The standard InChI is InChI=1S/C16H18N4O2S2/c1-10-5-2-3-8-12(10)17-13(21)9-23-16-20-19-15(24-16)18-14(22)11-6-4-7-11/h2-3,5,8,11H,4,6-7,9H2,1H3,(H,17,21)(H,18,19,22). The quantitative estimate of drug-likeness (QED) is 0.608. The summed E-state index contributed by atoms with van der Waals surface area (Å²) < 4.78 is 0.666. The van der Waals surface area contributed by atoms with Crippen molar-refractivity contribution in [1.82, 2.24) is 10.2 Å². The van der Waals surface area contributed by atoms with Crippen molar-refractivity contribution in [3.05, 3.63) is 29.8 Å². The van der Waals surface area contributed by atoms with E-state index in [2.05, 4.69) is 20.8 Å². The zero-order valence-corrected chi connectivity index (χ0v) is 14.9. The minimum atomic E-state index is -0.0930. The normalized spacial score (nSPS) is 14.0. The summed E-state index contributed by atoms with van der Waals surface area (Å²) >= 11 is 2.60. The molecule has 1 fully saturated rings. The highest BCUT2D eigenvalue weighted by molar-refractivity contribution is 8.01. The lowest BCUT2D eigenvalue weighted by Gasteiger charge is -2.23. The van der Waals surface area contributed by atoms with Gasteiger partial charge in [0.2, 0.25) is 16.9 Å². The van der Waals surface area contributed by atoms with Gasteiger partial charge in [0.25, 0.3) is 0 Å². The number of para-hydroxylation sites is 1. The maximum absolute atomic E-state index is 12.0. The molecular weight excluding hydrogens is 344 g/mol. The fourth-order valence-corrected chi connectivity index (χ4v) is 3.78. The van der Waals surface area contributed by atoms with Crippen LogP contribution in [0.5, 0.6) is 0 Å². The van der Waals surface area contributed by atoms with Crippen molar-refractivity contribution in [3.63, 3.8) is 0 Å². The highest BCUT2D eigenvalue weighted by Gasteiger charge is 2.26. The minimum Gasteiger partial charge on any atom is -0.325 e. The van der Waals surface area contributed by atoms with Crippen LogP contribution >= 0.6 is 23.1 Å². The third kappa shape index (κ3) is 4.33. The number of aryl methyl sites for hydroxylation is 1. The number of nitrogens with one attached hydrogen (secondary N) is 2. The van der Waals surface area contributed by atoms with Gasteiger partial charge in [-0.3, -0.25) is 9.59 Å². The SMILES string of the molecule is Cc1ccccc1NC(=O)CSc1nnc(NC(=O)C2CCC2)s1. The van der Waals surface area contributed by atoms with Crippen LogP contribution in [0.4, 0.5) is 10.8 Å². The molecule has 24 heavy (non-hydrogen) atoms. The Labute approximate surface area is 148 Å². The highest BCUT2D eigenvalue weighted by atomic mass is 32.2. The first kappa shape index (κ1) is 16.9. The maximum Gasteiger partial charge on any atom is 0.234 e. The average molecular weight is 362 g/mol. The van der Waals surface area contributed by atoms with Gasteiger partial charge < -0.3 is 10.6 Å². The predicted molar refractivity (Wildman–Crippen MR) is 96.4 cm³/mol. The van der Waals surface area contributed by atoms with Crippen LogP contribution in [0.3, 0.4) is 0 Å². The van der Waals surface area contributed by atoms with E-state index in [0.717, 1.165) is 30.5 Å². The van der Waals surface area contributed by atoms with E-state index in [1.54, 1.807) is 0 Å². The molecular formula is C16H18N4O2S2. The fraction of sp³-hybridized carbons (Fsp3) is 0.375. The Kier molecular flexibility index (Phi) is 5.47. The van der Waals surface area contributed by atoms with Gasteiger partial charge in [-0.25, -0.2) is 0 Å². The first-order valence-corrected chi connectivity index (χ1v) is 9.54. The van der Waals surface area contributed by atoms with Gasteiger partial charge in [-0.05, 0) is 31.4 Å². The number of rotatable bonds is 6. The predicted octanol–water partition coefficient (Wildman–Crippen LogP) is 3.32. The molecule has 0 saturated heterocycles. The van der Waals surface area contributed by atoms with Crippen molar-refractivity contribution in [2.75, 3.05) is 16.4 Å². The molecule has 0 radical (unpaired) electrons. The molecule has 0 aliphatic heterocycles. The Bertz CT molecular complexity index is 743. The summed E-state index contributed by atoms with van der Waals surface area (Å²) in [4.78, 5) is 23.9. The number of hydrogen-bond donors (Lipinski definition) is 2. The molecule has 0 unspecified atom stereocenters. The van der Waals surface area contributed by atoms with Gasteiger partial charge in [-0.2, -0.15) is 0 Å². The Morgan fingerprint density at radius 3 is 2.75 bits per heavy atom. The van der Waals surface area contributed by atoms with Gasteiger partial charge in [0.15, 0.2) is 4.34 Å². The molecule has 1 heterocycles. The minimum absolute atomic E-state index is 0.0197. The second kappa shape index (κ2) is 7.76. The smallest absolute Gasteiger partial charge is 0.234 e. The molecule has 1 aromatic carbocycles. The molecule has 0 bridgehead atoms. The lowest BCUT2D eigenvalue weighted by atomic mass is 9.85. The molecule has 6 nitrogen and oxygen atoms in total. The summed E-state index contributed by atoms with van der Waals surface area (Å²) in [7, 11) is 0. The van der Waals surface area contributed by atoms with Gasteiger partial charge >= 0.3 is 0 Å².